The molecule has 1 unspecified atom stereocenters. The van der Waals surface area contributed by atoms with Crippen molar-refractivity contribution in [1.29, 1.82) is 0 Å². The summed E-state index contributed by atoms with van der Waals surface area (Å²) in [5.41, 5.74) is 0. The SMILES string of the molecule is CC(C)C(CBr)CN1CCC[C@H]2CCCC[C@H]21. The minimum atomic E-state index is 0.804. The molecule has 17 heavy (non-hydrogen) atoms. The van der Waals surface area contributed by atoms with Crippen LogP contribution in [-0.2, 0) is 0 Å². The third-order valence-corrected chi connectivity index (χ3v) is 5.80. The van der Waals surface area contributed by atoms with Gasteiger partial charge in [-0.25, -0.2) is 0 Å². The van der Waals surface area contributed by atoms with Gasteiger partial charge < -0.3 is 0 Å². The van der Waals surface area contributed by atoms with Crippen LogP contribution in [0.15, 0.2) is 0 Å². The van der Waals surface area contributed by atoms with Crippen molar-refractivity contribution >= 4 is 15.9 Å². The summed E-state index contributed by atoms with van der Waals surface area (Å²) in [6.45, 7) is 7.42. The number of halogens is 1. The van der Waals surface area contributed by atoms with Crippen molar-refractivity contribution in [1.82, 2.24) is 4.90 Å². The molecule has 100 valence electrons. The molecule has 0 aromatic rings. The van der Waals surface area contributed by atoms with Crippen LogP contribution in [0.2, 0.25) is 0 Å². The number of hydrogen-bond donors (Lipinski definition) is 0. The smallest absolute Gasteiger partial charge is 0.0124 e. The van der Waals surface area contributed by atoms with Gasteiger partial charge in [0.2, 0.25) is 0 Å². The molecule has 0 amide bonds. The van der Waals surface area contributed by atoms with E-state index in [-0.39, 0.29) is 0 Å². The highest BCUT2D eigenvalue weighted by Crippen LogP contribution is 2.36. The summed E-state index contributed by atoms with van der Waals surface area (Å²) in [6.07, 6.45) is 8.87. The van der Waals surface area contributed by atoms with Crippen LogP contribution in [-0.4, -0.2) is 29.4 Å². The van der Waals surface area contributed by atoms with Gasteiger partial charge in [0.15, 0.2) is 0 Å². The normalized spacial score (nSPS) is 32.5. The Labute approximate surface area is 115 Å². The molecule has 2 rings (SSSR count). The molecule has 0 radical (unpaired) electrons. The van der Waals surface area contributed by atoms with E-state index in [1.165, 1.54) is 56.9 Å². The number of nitrogens with zero attached hydrogens (tertiary/aromatic N) is 1. The van der Waals surface area contributed by atoms with Crippen LogP contribution in [0.25, 0.3) is 0 Å². The summed E-state index contributed by atoms with van der Waals surface area (Å²) in [7, 11) is 0. The summed E-state index contributed by atoms with van der Waals surface area (Å²) >= 11 is 3.70. The first-order valence-electron chi connectivity index (χ1n) is 7.52. The molecular weight excluding hydrogens is 274 g/mol. The van der Waals surface area contributed by atoms with E-state index in [2.05, 4.69) is 34.7 Å². The van der Waals surface area contributed by atoms with Gasteiger partial charge in [0, 0.05) is 17.9 Å². The highest BCUT2D eigenvalue weighted by molar-refractivity contribution is 9.09. The second-order valence-electron chi connectivity index (χ2n) is 6.41. The molecule has 1 saturated carbocycles. The lowest BCUT2D eigenvalue weighted by Crippen LogP contribution is -2.49. The number of rotatable bonds is 4. The van der Waals surface area contributed by atoms with Crippen LogP contribution in [0.3, 0.4) is 0 Å². The first-order valence-corrected chi connectivity index (χ1v) is 8.64. The molecule has 0 bridgehead atoms. The van der Waals surface area contributed by atoms with Crippen molar-refractivity contribution < 1.29 is 0 Å². The van der Waals surface area contributed by atoms with E-state index < -0.39 is 0 Å². The van der Waals surface area contributed by atoms with E-state index in [1.54, 1.807) is 0 Å². The van der Waals surface area contributed by atoms with E-state index in [0.29, 0.717) is 0 Å². The summed E-state index contributed by atoms with van der Waals surface area (Å²) in [5.74, 6) is 2.66. The van der Waals surface area contributed by atoms with Crippen LogP contribution >= 0.6 is 15.9 Å². The molecule has 1 saturated heterocycles. The second-order valence-corrected chi connectivity index (χ2v) is 7.05. The van der Waals surface area contributed by atoms with Crippen LogP contribution in [0, 0.1) is 17.8 Å². The topological polar surface area (TPSA) is 3.24 Å². The Morgan fingerprint density at radius 2 is 1.82 bits per heavy atom. The van der Waals surface area contributed by atoms with Crippen molar-refractivity contribution in [2.75, 3.05) is 18.4 Å². The second kappa shape index (κ2) is 6.56. The molecule has 1 aliphatic heterocycles. The van der Waals surface area contributed by atoms with Gasteiger partial charge in [-0.05, 0) is 50.0 Å². The lowest BCUT2D eigenvalue weighted by atomic mass is 9.78. The summed E-state index contributed by atoms with van der Waals surface area (Å²) < 4.78 is 0. The molecule has 0 aromatic carbocycles. The minimum Gasteiger partial charge on any atom is -0.300 e. The zero-order valence-electron chi connectivity index (χ0n) is 11.5. The summed E-state index contributed by atoms with van der Waals surface area (Å²) in [4.78, 5) is 2.83. The molecule has 0 aromatic heterocycles. The molecule has 0 N–H and O–H groups in total. The van der Waals surface area contributed by atoms with Crippen molar-refractivity contribution in [3.63, 3.8) is 0 Å². The molecule has 2 aliphatic rings. The average Bonchev–Trinajstić information content (AvgIpc) is 2.35. The van der Waals surface area contributed by atoms with Gasteiger partial charge in [-0.1, -0.05) is 42.6 Å². The maximum Gasteiger partial charge on any atom is 0.0124 e. The summed E-state index contributed by atoms with van der Waals surface area (Å²) in [5, 5.41) is 1.17. The monoisotopic (exact) mass is 301 g/mol. The van der Waals surface area contributed by atoms with Crippen LogP contribution < -0.4 is 0 Å². The number of piperidine rings is 1. The molecule has 2 heteroatoms. The van der Waals surface area contributed by atoms with E-state index in [9.17, 15) is 0 Å². The fraction of sp³-hybridized carbons (Fsp3) is 1.00. The Hall–Kier alpha value is 0.440. The van der Waals surface area contributed by atoms with Gasteiger partial charge in [-0.3, -0.25) is 4.90 Å². The molecule has 2 fully saturated rings. The molecule has 1 heterocycles. The summed E-state index contributed by atoms with van der Waals surface area (Å²) in [6, 6.07) is 0.929. The largest absolute Gasteiger partial charge is 0.300 e. The van der Waals surface area contributed by atoms with E-state index in [4.69, 9.17) is 0 Å². The van der Waals surface area contributed by atoms with Crippen LogP contribution in [0.4, 0.5) is 0 Å². The quantitative estimate of drug-likeness (QED) is 0.700. The van der Waals surface area contributed by atoms with E-state index >= 15 is 0 Å². The maximum atomic E-state index is 3.70. The highest BCUT2D eigenvalue weighted by Gasteiger charge is 2.34. The fourth-order valence-corrected chi connectivity index (χ4v) is 4.65. The van der Waals surface area contributed by atoms with Crippen molar-refractivity contribution in [2.45, 2.75) is 58.4 Å². The van der Waals surface area contributed by atoms with Gasteiger partial charge in [-0.15, -0.1) is 0 Å². The number of likely N-dealkylation sites (tertiary alicyclic amines) is 1. The molecule has 3 atom stereocenters. The van der Waals surface area contributed by atoms with Crippen molar-refractivity contribution in [3.8, 4) is 0 Å². The molecule has 1 nitrogen and oxygen atoms in total. The van der Waals surface area contributed by atoms with E-state index in [1.807, 2.05) is 0 Å². The van der Waals surface area contributed by atoms with Gasteiger partial charge in [-0.2, -0.15) is 0 Å². The predicted octanol–water partition coefficient (Wildman–Crippen LogP) is 4.31. The van der Waals surface area contributed by atoms with Crippen molar-refractivity contribution in [2.24, 2.45) is 17.8 Å². The lowest BCUT2D eigenvalue weighted by Gasteiger charge is -2.45. The van der Waals surface area contributed by atoms with Crippen molar-refractivity contribution in [3.05, 3.63) is 0 Å². The number of fused-ring (bicyclic) bond motifs is 1. The Kier molecular flexibility index (Phi) is 5.35. The maximum absolute atomic E-state index is 3.70. The zero-order chi connectivity index (χ0) is 12.3. The zero-order valence-corrected chi connectivity index (χ0v) is 13.1. The Morgan fingerprint density at radius 3 is 2.53 bits per heavy atom. The average molecular weight is 302 g/mol. The fourth-order valence-electron chi connectivity index (χ4n) is 3.69. The van der Waals surface area contributed by atoms with Gasteiger partial charge >= 0.3 is 0 Å². The predicted molar refractivity (Wildman–Crippen MR) is 78.7 cm³/mol. The third-order valence-electron chi connectivity index (χ3n) is 4.97. The Bertz CT molecular complexity index is 227. The van der Waals surface area contributed by atoms with Crippen LogP contribution in [0.5, 0.6) is 0 Å². The number of hydrogen-bond acceptors (Lipinski definition) is 1. The van der Waals surface area contributed by atoms with Gasteiger partial charge in [0.1, 0.15) is 0 Å². The van der Waals surface area contributed by atoms with Gasteiger partial charge in [0.05, 0.1) is 0 Å². The molecular formula is C15H28BrN. The van der Waals surface area contributed by atoms with Gasteiger partial charge in [0.25, 0.3) is 0 Å². The Balaban J connectivity index is 1.94. The van der Waals surface area contributed by atoms with Crippen LogP contribution in [0.1, 0.15) is 52.4 Å². The number of alkyl halides is 1. The minimum absolute atomic E-state index is 0.804. The highest BCUT2D eigenvalue weighted by atomic mass is 79.9. The first-order chi connectivity index (χ1) is 8.22. The molecule has 1 aliphatic carbocycles. The first kappa shape index (κ1) is 13.9. The lowest BCUT2D eigenvalue weighted by molar-refractivity contribution is 0.0453. The Morgan fingerprint density at radius 1 is 1.12 bits per heavy atom. The third kappa shape index (κ3) is 3.47. The van der Waals surface area contributed by atoms with E-state index in [0.717, 1.165) is 23.8 Å². The standard InChI is InChI=1S/C15H28BrN/c1-12(2)14(10-16)11-17-9-5-7-13-6-3-4-8-15(13)17/h12-15H,3-11H2,1-2H3/t13-,14?,15-/m1/s1. The molecule has 0 spiro atoms.